The Bertz CT molecular complexity index is 781. The van der Waals surface area contributed by atoms with Crippen LogP contribution < -0.4 is 16.2 Å². The fourth-order valence-electron chi connectivity index (χ4n) is 4.80. The predicted octanol–water partition coefficient (Wildman–Crippen LogP) is 3.66. The number of nitrogens with one attached hydrogen (secondary N) is 3. The number of Topliss-reactive ketones (excluding diaryl/α,β-unsaturated/α-hetero) is 1. The molecular weight excluding hydrogens is 430 g/mol. The van der Waals surface area contributed by atoms with Crippen LogP contribution >= 0.6 is 0 Å². The molecular formula is C27H43N3O4. The summed E-state index contributed by atoms with van der Waals surface area (Å²) in [6, 6.07) is 7.91. The molecule has 0 spiro atoms. The molecule has 1 amide bonds. The van der Waals surface area contributed by atoms with Crippen molar-refractivity contribution in [2.24, 2.45) is 17.8 Å². The molecule has 4 atom stereocenters. The number of aryl methyl sites for hydroxylation is 2. The lowest BCUT2D eigenvalue weighted by Crippen LogP contribution is -2.60. The molecule has 34 heavy (non-hydrogen) atoms. The molecule has 0 saturated carbocycles. The molecule has 190 valence electrons. The lowest BCUT2D eigenvalue weighted by atomic mass is 9.77. The molecule has 0 aliphatic carbocycles. The van der Waals surface area contributed by atoms with Gasteiger partial charge in [-0.25, -0.2) is 5.43 Å². The quantitative estimate of drug-likeness (QED) is 0.310. The Kier molecular flexibility index (Phi) is 12.3. The van der Waals surface area contributed by atoms with Crippen molar-refractivity contribution in [2.45, 2.75) is 84.1 Å². The maximum absolute atomic E-state index is 13.7. The van der Waals surface area contributed by atoms with Crippen LogP contribution in [0.25, 0.3) is 0 Å². The highest BCUT2D eigenvalue weighted by Gasteiger charge is 2.39. The van der Waals surface area contributed by atoms with Crippen molar-refractivity contribution in [3.8, 4) is 0 Å². The van der Waals surface area contributed by atoms with Crippen molar-refractivity contribution in [2.75, 3.05) is 13.6 Å². The van der Waals surface area contributed by atoms with Gasteiger partial charge in [0, 0.05) is 25.4 Å². The monoisotopic (exact) mass is 473 g/mol. The van der Waals surface area contributed by atoms with Gasteiger partial charge in [-0.3, -0.25) is 19.8 Å². The van der Waals surface area contributed by atoms with Crippen molar-refractivity contribution in [3.05, 3.63) is 35.4 Å². The largest absolute Gasteiger partial charge is 0.481 e. The number of hydrazine groups is 1. The molecule has 1 heterocycles. The molecule has 1 aromatic rings. The Labute approximate surface area is 204 Å². The van der Waals surface area contributed by atoms with Gasteiger partial charge in [0.25, 0.3) is 0 Å². The summed E-state index contributed by atoms with van der Waals surface area (Å²) in [6.07, 6.45) is 7.91. The van der Waals surface area contributed by atoms with Crippen LogP contribution in [-0.4, -0.2) is 42.4 Å². The smallest absolute Gasteiger partial charge is 0.306 e. The summed E-state index contributed by atoms with van der Waals surface area (Å²) >= 11 is 0. The van der Waals surface area contributed by atoms with Crippen LogP contribution in [-0.2, 0) is 27.2 Å². The van der Waals surface area contributed by atoms with Gasteiger partial charge in [0.1, 0.15) is 11.8 Å². The highest BCUT2D eigenvalue weighted by Crippen LogP contribution is 2.29. The van der Waals surface area contributed by atoms with Crippen LogP contribution in [0, 0.1) is 17.8 Å². The van der Waals surface area contributed by atoms with E-state index in [9.17, 15) is 19.5 Å². The standard InChI is InChI=1S/C27H43N3O4/c1-4-6-8-19-10-12-20(13-11-19)14-15-21(18-22(27(33)34)9-7-5-2)25(31)23-16-17-29-30-24(23)26(32)28-3/h10-13,21-24,29-30H,4-9,14-18H2,1-3H3,(H,28,32)(H,33,34)/t21?,22?,23-,24-/m0/s1. The summed E-state index contributed by atoms with van der Waals surface area (Å²) in [5, 5.41) is 12.4. The number of carboxylic acids is 1. The number of benzene rings is 1. The predicted molar refractivity (Wildman–Crippen MR) is 134 cm³/mol. The second kappa shape index (κ2) is 14.9. The van der Waals surface area contributed by atoms with Crippen molar-refractivity contribution >= 4 is 17.7 Å². The number of ketones is 1. The summed E-state index contributed by atoms with van der Waals surface area (Å²) in [5.41, 5.74) is 8.42. The molecule has 4 N–H and O–H groups in total. The summed E-state index contributed by atoms with van der Waals surface area (Å²) < 4.78 is 0. The maximum Gasteiger partial charge on any atom is 0.306 e. The highest BCUT2D eigenvalue weighted by atomic mass is 16.4. The van der Waals surface area contributed by atoms with E-state index >= 15 is 0 Å². The van der Waals surface area contributed by atoms with Gasteiger partial charge < -0.3 is 10.4 Å². The van der Waals surface area contributed by atoms with E-state index in [0.29, 0.717) is 38.6 Å². The van der Waals surface area contributed by atoms with Crippen molar-refractivity contribution in [3.63, 3.8) is 0 Å². The Morgan fingerprint density at radius 1 is 1.00 bits per heavy atom. The van der Waals surface area contributed by atoms with E-state index in [-0.39, 0.29) is 11.7 Å². The van der Waals surface area contributed by atoms with Gasteiger partial charge in [0.15, 0.2) is 0 Å². The van der Waals surface area contributed by atoms with Crippen molar-refractivity contribution in [1.29, 1.82) is 0 Å². The molecule has 1 aliphatic heterocycles. The van der Waals surface area contributed by atoms with Gasteiger partial charge in [-0.1, -0.05) is 57.4 Å². The van der Waals surface area contributed by atoms with Gasteiger partial charge in [-0.15, -0.1) is 0 Å². The van der Waals surface area contributed by atoms with Gasteiger partial charge in [0.05, 0.1) is 5.92 Å². The van der Waals surface area contributed by atoms with E-state index in [1.54, 1.807) is 7.05 Å². The normalized spacial score (nSPS) is 19.9. The number of unbranched alkanes of at least 4 members (excludes halogenated alkanes) is 2. The Balaban J connectivity index is 2.17. The molecule has 1 aromatic carbocycles. The zero-order valence-corrected chi connectivity index (χ0v) is 21.1. The molecule has 1 saturated heterocycles. The number of aliphatic carboxylic acids is 1. The number of hydrogen-bond donors (Lipinski definition) is 4. The molecule has 2 unspecified atom stereocenters. The summed E-state index contributed by atoms with van der Waals surface area (Å²) in [5.74, 6) is -2.47. The first kappa shape index (κ1) is 28.0. The minimum Gasteiger partial charge on any atom is -0.481 e. The van der Waals surface area contributed by atoms with Gasteiger partial charge in [-0.2, -0.15) is 0 Å². The van der Waals surface area contributed by atoms with Crippen LogP contribution in [0.2, 0.25) is 0 Å². The molecule has 0 bridgehead atoms. The van der Waals surface area contributed by atoms with E-state index in [4.69, 9.17) is 0 Å². The third kappa shape index (κ3) is 8.51. The molecule has 0 radical (unpaired) electrons. The second-order valence-corrected chi connectivity index (χ2v) is 9.53. The molecule has 7 nitrogen and oxygen atoms in total. The van der Waals surface area contributed by atoms with E-state index < -0.39 is 29.8 Å². The third-order valence-electron chi connectivity index (χ3n) is 6.98. The van der Waals surface area contributed by atoms with Gasteiger partial charge in [-0.05, 0) is 56.1 Å². The zero-order chi connectivity index (χ0) is 24.9. The highest BCUT2D eigenvalue weighted by molar-refractivity contribution is 5.92. The molecule has 0 aromatic heterocycles. The number of hydrogen-bond acceptors (Lipinski definition) is 5. The average molecular weight is 474 g/mol. The van der Waals surface area contributed by atoms with Gasteiger partial charge >= 0.3 is 5.97 Å². The number of carbonyl (C=O) groups excluding carboxylic acids is 2. The lowest BCUT2D eigenvalue weighted by Gasteiger charge is -2.33. The third-order valence-corrected chi connectivity index (χ3v) is 6.98. The molecule has 2 rings (SSSR count). The molecule has 1 fully saturated rings. The topological polar surface area (TPSA) is 108 Å². The van der Waals surface area contributed by atoms with Crippen LogP contribution in [0.1, 0.15) is 76.3 Å². The van der Waals surface area contributed by atoms with Gasteiger partial charge in [0.2, 0.25) is 5.91 Å². The Morgan fingerprint density at radius 3 is 2.24 bits per heavy atom. The van der Waals surface area contributed by atoms with Crippen molar-refractivity contribution in [1.82, 2.24) is 16.2 Å². The first-order valence-electron chi connectivity index (χ1n) is 13.0. The fraction of sp³-hybridized carbons (Fsp3) is 0.667. The summed E-state index contributed by atoms with van der Waals surface area (Å²) in [7, 11) is 1.56. The van der Waals surface area contributed by atoms with Crippen molar-refractivity contribution < 1.29 is 19.5 Å². The van der Waals surface area contributed by atoms with E-state index in [2.05, 4.69) is 47.4 Å². The van der Waals surface area contributed by atoms with Crippen LogP contribution in [0.5, 0.6) is 0 Å². The SMILES string of the molecule is CCCCc1ccc(CCC(CC(CCCC)C(=O)O)C(=O)[C@H]2CCNN[C@@H]2C(=O)NC)cc1. The average Bonchev–Trinajstić information content (AvgIpc) is 2.86. The molecule has 1 aliphatic rings. The Hall–Kier alpha value is -2.25. The lowest BCUT2D eigenvalue weighted by molar-refractivity contribution is -0.143. The minimum atomic E-state index is -0.835. The number of likely N-dealkylation sites (N-methyl/N-ethyl adjacent to an activating group) is 1. The second-order valence-electron chi connectivity index (χ2n) is 9.53. The number of carboxylic acid groups (broad SMARTS) is 1. The van der Waals surface area contributed by atoms with E-state index in [1.165, 1.54) is 12.0 Å². The number of rotatable bonds is 15. The first-order valence-corrected chi connectivity index (χ1v) is 13.0. The fourth-order valence-corrected chi connectivity index (χ4v) is 4.80. The van der Waals surface area contributed by atoms with Crippen LogP contribution in [0.4, 0.5) is 0 Å². The van der Waals surface area contributed by atoms with E-state index in [1.807, 2.05) is 6.92 Å². The Morgan fingerprint density at radius 2 is 1.65 bits per heavy atom. The number of amides is 1. The zero-order valence-electron chi connectivity index (χ0n) is 21.1. The first-order chi connectivity index (χ1) is 16.4. The van der Waals surface area contributed by atoms with Crippen LogP contribution in [0.15, 0.2) is 24.3 Å². The van der Waals surface area contributed by atoms with Crippen LogP contribution in [0.3, 0.4) is 0 Å². The maximum atomic E-state index is 13.7. The minimum absolute atomic E-state index is 0.00455. The van der Waals surface area contributed by atoms with E-state index in [0.717, 1.165) is 31.2 Å². The molecule has 7 heteroatoms. The summed E-state index contributed by atoms with van der Waals surface area (Å²) in [4.78, 5) is 38.1. The number of carbonyl (C=O) groups is 3. The summed E-state index contributed by atoms with van der Waals surface area (Å²) in [6.45, 7) is 4.82.